The number of aryl methyl sites for hydroxylation is 3. The van der Waals surface area contributed by atoms with Crippen LogP contribution in [0.2, 0.25) is 0 Å². The summed E-state index contributed by atoms with van der Waals surface area (Å²) < 4.78 is 39.9. The van der Waals surface area contributed by atoms with Gasteiger partial charge in [-0.25, -0.2) is 8.42 Å². The van der Waals surface area contributed by atoms with E-state index < -0.39 is 10.0 Å². The molecule has 0 fully saturated rings. The molecule has 0 radical (unpaired) electrons. The van der Waals surface area contributed by atoms with Gasteiger partial charge in [0.25, 0.3) is 10.0 Å². The second-order valence-corrected chi connectivity index (χ2v) is 10.7. The first-order valence-corrected chi connectivity index (χ1v) is 13.2. The molecule has 1 amide bonds. The number of thioether (sulfide) groups is 1. The monoisotopic (exact) mass is 498 g/mol. The highest BCUT2D eigenvalue weighted by atomic mass is 32.2. The van der Waals surface area contributed by atoms with Gasteiger partial charge in [-0.05, 0) is 68.3 Å². The van der Waals surface area contributed by atoms with E-state index in [1.165, 1.54) is 17.8 Å². The molecule has 0 unspecified atom stereocenters. The average Bonchev–Trinajstić information content (AvgIpc) is 2.80. The number of benzene rings is 3. The molecule has 2 N–H and O–H groups in total. The fourth-order valence-electron chi connectivity index (χ4n) is 3.55. The number of carbonyl (C=O) groups excluding carboxylic acids is 1. The van der Waals surface area contributed by atoms with E-state index in [9.17, 15) is 13.2 Å². The summed E-state index contributed by atoms with van der Waals surface area (Å²) in [6.45, 7) is 6.55. The SMILES string of the molecule is Cc1ccc(NS(=O)(=O)c2cc(NC(=O)CSc3ccc4c(c3)OCCO4)ccc2C)c(C)c1. The summed E-state index contributed by atoms with van der Waals surface area (Å²) >= 11 is 1.36. The van der Waals surface area contributed by atoms with E-state index in [1.807, 2.05) is 44.2 Å². The normalized spacial score (nSPS) is 12.8. The maximum Gasteiger partial charge on any atom is 0.262 e. The van der Waals surface area contributed by atoms with E-state index >= 15 is 0 Å². The summed E-state index contributed by atoms with van der Waals surface area (Å²) in [5.41, 5.74) is 3.41. The van der Waals surface area contributed by atoms with Crippen LogP contribution in [-0.2, 0) is 14.8 Å². The van der Waals surface area contributed by atoms with E-state index in [0.717, 1.165) is 16.0 Å². The van der Waals surface area contributed by atoms with Crippen molar-refractivity contribution in [1.82, 2.24) is 0 Å². The average molecular weight is 499 g/mol. The summed E-state index contributed by atoms with van der Waals surface area (Å²) in [7, 11) is -3.83. The summed E-state index contributed by atoms with van der Waals surface area (Å²) in [6, 6.07) is 15.9. The zero-order valence-electron chi connectivity index (χ0n) is 19.2. The summed E-state index contributed by atoms with van der Waals surface area (Å²) in [4.78, 5) is 13.5. The van der Waals surface area contributed by atoms with E-state index in [0.29, 0.717) is 41.7 Å². The predicted octanol–water partition coefficient (Wildman–Crippen LogP) is 4.91. The molecule has 1 aliphatic rings. The van der Waals surface area contributed by atoms with Crippen LogP contribution in [-0.4, -0.2) is 33.3 Å². The Balaban J connectivity index is 1.43. The van der Waals surface area contributed by atoms with Crippen molar-refractivity contribution in [3.63, 3.8) is 0 Å². The number of anilines is 2. The number of fused-ring (bicyclic) bond motifs is 1. The molecular formula is C25H26N2O5S2. The van der Waals surface area contributed by atoms with Gasteiger partial charge < -0.3 is 14.8 Å². The smallest absolute Gasteiger partial charge is 0.262 e. The van der Waals surface area contributed by atoms with Gasteiger partial charge in [0, 0.05) is 10.6 Å². The Morgan fingerprint density at radius 2 is 1.68 bits per heavy atom. The highest BCUT2D eigenvalue weighted by Crippen LogP contribution is 2.34. The van der Waals surface area contributed by atoms with Crippen molar-refractivity contribution in [2.24, 2.45) is 0 Å². The maximum atomic E-state index is 13.1. The van der Waals surface area contributed by atoms with Gasteiger partial charge in [0.1, 0.15) is 13.2 Å². The van der Waals surface area contributed by atoms with Crippen molar-refractivity contribution >= 4 is 39.1 Å². The van der Waals surface area contributed by atoms with E-state index in [1.54, 1.807) is 25.1 Å². The lowest BCUT2D eigenvalue weighted by atomic mass is 10.1. The lowest BCUT2D eigenvalue weighted by Crippen LogP contribution is -2.17. The lowest BCUT2D eigenvalue weighted by Gasteiger charge is -2.18. The molecule has 178 valence electrons. The number of amides is 1. The van der Waals surface area contributed by atoms with Crippen molar-refractivity contribution < 1.29 is 22.7 Å². The predicted molar refractivity (Wildman–Crippen MR) is 135 cm³/mol. The van der Waals surface area contributed by atoms with Crippen molar-refractivity contribution in [2.75, 3.05) is 29.0 Å². The fraction of sp³-hybridized carbons (Fsp3) is 0.240. The minimum atomic E-state index is -3.83. The van der Waals surface area contributed by atoms with Gasteiger partial charge in [0.2, 0.25) is 5.91 Å². The molecular weight excluding hydrogens is 472 g/mol. The Labute approximate surface area is 203 Å². The standard InChI is InChI=1S/C25H26N2O5S2/c1-16-4-8-21(18(3)12-16)27-34(29,30)24-13-19(6-5-17(24)2)26-25(28)15-33-20-7-9-22-23(14-20)32-11-10-31-22/h4-9,12-14,27H,10-11,15H2,1-3H3,(H,26,28). The first kappa shape index (κ1) is 24.0. The topological polar surface area (TPSA) is 93.7 Å². The molecule has 0 bridgehead atoms. The van der Waals surface area contributed by atoms with Crippen LogP contribution >= 0.6 is 11.8 Å². The van der Waals surface area contributed by atoms with Gasteiger partial charge in [-0.3, -0.25) is 9.52 Å². The Morgan fingerprint density at radius 1 is 0.912 bits per heavy atom. The molecule has 0 atom stereocenters. The molecule has 0 saturated heterocycles. The summed E-state index contributed by atoms with van der Waals surface area (Å²) in [5.74, 6) is 1.29. The molecule has 3 aromatic carbocycles. The fourth-order valence-corrected chi connectivity index (χ4v) is 5.68. The largest absolute Gasteiger partial charge is 0.486 e. The van der Waals surface area contributed by atoms with Crippen molar-refractivity contribution in [3.8, 4) is 11.5 Å². The first-order valence-electron chi connectivity index (χ1n) is 10.7. The number of rotatable bonds is 7. The van der Waals surface area contributed by atoms with Gasteiger partial charge in [0.15, 0.2) is 11.5 Å². The van der Waals surface area contributed by atoms with E-state index in [4.69, 9.17) is 9.47 Å². The number of ether oxygens (including phenoxy) is 2. The molecule has 1 heterocycles. The molecule has 0 aliphatic carbocycles. The Kier molecular flexibility index (Phi) is 7.04. The van der Waals surface area contributed by atoms with Crippen LogP contribution < -0.4 is 19.5 Å². The molecule has 34 heavy (non-hydrogen) atoms. The van der Waals surface area contributed by atoms with Crippen molar-refractivity contribution in [1.29, 1.82) is 0 Å². The van der Waals surface area contributed by atoms with Crippen LogP contribution in [0, 0.1) is 20.8 Å². The molecule has 7 nitrogen and oxygen atoms in total. The first-order chi connectivity index (χ1) is 16.2. The second kappa shape index (κ2) is 9.99. The zero-order valence-corrected chi connectivity index (χ0v) is 20.8. The van der Waals surface area contributed by atoms with E-state index in [-0.39, 0.29) is 16.6 Å². The Morgan fingerprint density at radius 3 is 2.44 bits per heavy atom. The molecule has 0 aromatic heterocycles. The molecule has 3 aromatic rings. The lowest BCUT2D eigenvalue weighted by molar-refractivity contribution is -0.113. The number of carbonyl (C=O) groups is 1. The van der Waals surface area contributed by atoms with Crippen LogP contribution in [0.4, 0.5) is 11.4 Å². The van der Waals surface area contributed by atoms with E-state index in [2.05, 4.69) is 10.0 Å². The number of nitrogens with one attached hydrogen (secondary N) is 2. The maximum absolute atomic E-state index is 13.1. The second-order valence-electron chi connectivity index (χ2n) is 8.05. The van der Waals surface area contributed by atoms with Gasteiger partial charge >= 0.3 is 0 Å². The molecule has 1 aliphatic heterocycles. The zero-order chi connectivity index (χ0) is 24.3. The highest BCUT2D eigenvalue weighted by Gasteiger charge is 2.19. The number of hydrogen-bond donors (Lipinski definition) is 2. The van der Waals surface area contributed by atoms with Crippen LogP contribution in [0.5, 0.6) is 11.5 Å². The van der Waals surface area contributed by atoms with Crippen LogP contribution in [0.15, 0.2) is 64.4 Å². The number of hydrogen-bond acceptors (Lipinski definition) is 6. The molecule has 9 heteroatoms. The molecule has 0 spiro atoms. The third kappa shape index (κ3) is 5.66. The quantitative estimate of drug-likeness (QED) is 0.450. The van der Waals surface area contributed by atoms with Crippen LogP contribution in [0.3, 0.4) is 0 Å². The minimum absolute atomic E-state index is 0.116. The molecule has 0 saturated carbocycles. The van der Waals surface area contributed by atoms with Crippen molar-refractivity contribution in [3.05, 3.63) is 71.3 Å². The third-order valence-electron chi connectivity index (χ3n) is 5.27. The van der Waals surface area contributed by atoms with Gasteiger partial charge in [-0.1, -0.05) is 23.8 Å². The molecule has 4 rings (SSSR count). The van der Waals surface area contributed by atoms with Gasteiger partial charge in [-0.15, -0.1) is 11.8 Å². The highest BCUT2D eigenvalue weighted by molar-refractivity contribution is 8.00. The van der Waals surface area contributed by atoms with Crippen molar-refractivity contribution in [2.45, 2.75) is 30.6 Å². The summed E-state index contributed by atoms with van der Waals surface area (Å²) in [6.07, 6.45) is 0. The van der Waals surface area contributed by atoms with Crippen LogP contribution in [0.1, 0.15) is 16.7 Å². The Bertz CT molecular complexity index is 1340. The minimum Gasteiger partial charge on any atom is -0.486 e. The van der Waals surface area contributed by atoms with Gasteiger partial charge in [-0.2, -0.15) is 0 Å². The number of sulfonamides is 1. The Hall–Kier alpha value is -3.17. The van der Waals surface area contributed by atoms with Crippen LogP contribution in [0.25, 0.3) is 0 Å². The third-order valence-corrected chi connectivity index (χ3v) is 7.77. The van der Waals surface area contributed by atoms with Gasteiger partial charge in [0.05, 0.1) is 16.3 Å². The summed E-state index contributed by atoms with van der Waals surface area (Å²) in [5, 5.41) is 2.79.